The smallest absolute Gasteiger partial charge is 0.293 e. The number of nitrogens with zero attached hydrogens (tertiary/aromatic N) is 4. The Kier molecular flexibility index (Phi) is 6.13. The van der Waals surface area contributed by atoms with Crippen LogP contribution in [0.1, 0.15) is 43.1 Å². The Morgan fingerprint density at radius 2 is 2.16 bits per heavy atom. The fraction of sp³-hybridized carbons (Fsp3) is 0.471. The summed E-state index contributed by atoms with van der Waals surface area (Å²) in [7, 11) is 0. The molecule has 1 aromatic carbocycles. The van der Waals surface area contributed by atoms with Gasteiger partial charge in [0.05, 0.1) is 5.69 Å². The molecule has 1 unspecified atom stereocenters. The maximum absolute atomic E-state index is 13.5. The molecule has 0 radical (unpaired) electrons. The molecule has 1 fully saturated rings. The van der Waals surface area contributed by atoms with Crippen molar-refractivity contribution < 1.29 is 9.18 Å². The molecule has 25 heavy (non-hydrogen) atoms. The van der Waals surface area contributed by atoms with E-state index in [-0.39, 0.29) is 41.9 Å². The first-order valence-corrected chi connectivity index (χ1v) is 8.21. The van der Waals surface area contributed by atoms with Crippen molar-refractivity contribution >= 4 is 18.3 Å². The number of aromatic nitrogens is 3. The summed E-state index contributed by atoms with van der Waals surface area (Å²) in [5.41, 5.74) is 0.568. The van der Waals surface area contributed by atoms with Crippen LogP contribution in [0.25, 0.3) is 5.69 Å². The second-order valence-electron chi connectivity index (χ2n) is 6.45. The third-order valence-electron chi connectivity index (χ3n) is 4.05. The van der Waals surface area contributed by atoms with Crippen molar-refractivity contribution in [2.45, 2.75) is 32.7 Å². The number of rotatable bonds is 3. The zero-order valence-corrected chi connectivity index (χ0v) is 15.4. The highest BCUT2D eigenvalue weighted by Gasteiger charge is 2.26. The highest BCUT2D eigenvalue weighted by molar-refractivity contribution is 5.90. The summed E-state index contributed by atoms with van der Waals surface area (Å²) in [5.74, 6) is 0.343. The highest BCUT2D eigenvalue weighted by atomic mass is 35.5. The predicted molar refractivity (Wildman–Crippen MR) is 96.0 cm³/mol. The van der Waals surface area contributed by atoms with E-state index in [4.69, 9.17) is 0 Å². The first kappa shape index (κ1) is 19.3. The van der Waals surface area contributed by atoms with Crippen LogP contribution in [-0.4, -0.2) is 51.2 Å². The van der Waals surface area contributed by atoms with Crippen molar-refractivity contribution in [1.29, 1.82) is 0 Å². The van der Waals surface area contributed by atoms with Crippen molar-refractivity contribution in [3.05, 3.63) is 41.7 Å². The molecule has 1 atom stereocenters. The molecule has 0 bridgehead atoms. The number of hydrogen-bond donors (Lipinski definition) is 1. The molecule has 1 aliphatic heterocycles. The summed E-state index contributed by atoms with van der Waals surface area (Å²) in [6.07, 6.45) is 0. The predicted octanol–water partition coefficient (Wildman–Crippen LogP) is 2.39. The number of carbonyl (C=O) groups is 1. The van der Waals surface area contributed by atoms with Gasteiger partial charge in [0.1, 0.15) is 11.6 Å². The molecule has 0 aliphatic carbocycles. The van der Waals surface area contributed by atoms with Gasteiger partial charge in [-0.05, 0) is 25.1 Å². The van der Waals surface area contributed by atoms with Gasteiger partial charge in [-0.2, -0.15) is 0 Å². The molecule has 1 saturated heterocycles. The van der Waals surface area contributed by atoms with Crippen LogP contribution in [0.2, 0.25) is 0 Å². The largest absolute Gasteiger partial charge is 0.333 e. The number of hydrogen-bond acceptors (Lipinski definition) is 4. The molecule has 2 aromatic rings. The average molecular weight is 368 g/mol. The normalized spacial score (nSPS) is 17.5. The first-order valence-electron chi connectivity index (χ1n) is 8.21. The molecule has 8 heteroatoms. The van der Waals surface area contributed by atoms with Gasteiger partial charge in [-0.25, -0.2) is 14.1 Å². The second-order valence-corrected chi connectivity index (χ2v) is 6.45. The lowest BCUT2D eigenvalue weighted by Gasteiger charge is -2.31. The fourth-order valence-electron chi connectivity index (χ4n) is 2.84. The Labute approximate surface area is 152 Å². The number of piperazine rings is 1. The van der Waals surface area contributed by atoms with Crippen molar-refractivity contribution in [2.24, 2.45) is 0 Å². The summed E-state index contributed by atoms with van der Waals surface area (Å²) in [6.45, 7) is 8.01. The van der Waals surface area contributed by atoms with E-state index in [1.807, 2.05) is 20.8 Å². The van der Waals surface area contributed by atoms with Crippen molar-refractivity contribution in [1.82, 2.24) is 25.0 Å². The van der Waals surface area contributed by atoms with Crippen molar-refractivity contribution in [3.8, 4) is 5.69 Å². The minimum absolute atomic E-state index is 0. The van der Waals surface area contributed by atoms with Crippen LogP contribution in [0.4, 0.5) is 4.39 Å². The fourth-order valence-corrected chi connectivity index (χ4v) is 2.84. The van der Waals surface area contributed by atoms with Gasteiger partial charge in [-0.15, -0.1) is 17.5 Å². The van der Waals surface area contributed by atoms with E-state index in [1.54, 1.807) is 21.7 Å². The molecule has 1 aromatic heterocycles. The summed E-state index contributed by atoms with van der Waals surface area (Å²) < 4.78 is 15.1. The summed E-state index contributed by atoms with van der Waals surface area (Å²) >= 11 is 0. The molecule has 1 N–H and O–H groups in total. The van der Waals surface area contributed by atoms with Gasteiger partial charge >= 0.3 is 0 Å². The standard InChI is InChI=1S/C17H22FN5O.ClH/c1-11(2)16-20-15(17(24)22-8-7-19-12(3)10-22)21-23(16)14-6-4-5-13(18)9-14;/h4-6,9,11-12,19H,7-8,10H2,1-3H3;1H. The second kappa shape index (κ2) is 7.93. The Bertz CT molecular complexity index is 748. The zero-order valence-electron chi connectivity index (χ0n) is 14.6. The van der Waals surface area contributed by atoms with Crippen LogP contribution < -0.4 is 5.32 Å². The lowest BCUT2D eigenvalue weighted by atomic mass is 10.2. The molecule has 1 aliphatic rings. The Balaban J connectivity index is 0.00000225. The van der Waals surface area contributed by atoms with Crippen molar-refractivity contribution in [2.75, 3.05) is 19.6 Å². The molecule has 2 heterocycles. The summed E-state index contributed by atoms with van der Waals surface area (Å²) in [4.78, 5) is 18.9. The monoisotopic (exact) mass is 367 g/mol. The lowest BCUT2D eigenvalue weighted by Crippen LogP contribution is -2.51. The van der Waals surface area contributed by atoms with E-state index < -0.39 is 0 Å². The quantitative estimate of drug-likeness (QED) is 0.904. The zero-order chi connectivity index (χ0) is 17.3. The van der Waals surface area contributed by atoms with Gasteiger partial charge in [0, 0.05) is 31.6 Å². The lowest BCUT2D eigenvalue weighted by molar-refractivity contribution is 0.0696. The molecular weight excluding hydrogens is 345 g/mol. The molecule has 0 saturated carbocycles. The first-order chi connectivity index (χ1) is 11.5. The third-order valence-corrected chi connectivity index (χ3v) is 4.05. The van der Waals surface area contributed by atoms with Crippen molar-refractivity contribution in [3.63, 3.8) is 0 Å². The Hall–Kier alpha value is -1.99. The van der Waals surface area contributed by atoms with E-state index in [9.17, 15) is 9.18 Å². The van der Waals surface area contributed by atoms with Gasteiger partial charge in [0.15, 0.2) is 0 Å². The molecule has 3 rings (SSSR count). The number of amides is 1. The Morgan fingerprint density at radius 3 is 2.80 bits per heavy atom. The van der Waals surface area contributed by atoms with Crippen LogP contribution in [-0.2, 0) is 0 Å². The average Bonchev–Trinajstić information content (AvgIpc) is 2.99. The summed E-state index contributed by atoms with van der Waals surface area (Å²) in [5, 5.41) is 7.67. The third kappa shape index (κ3) is 4.16. The molecule has 136 valence electrons. The van der Waals surface area contributed by atoms with Crippen LogP contribution in [0.15, 0.2) is 24.3 Å². The maximum Gasteiger partial charge on any atom is 0.293 e. The van der Waals surface area contributed by atoms with Gasteiger partial charge in [0.2, 0.25) is 5.82 Å². The SMILES string of the molecule is CC1CN(C(=O)c2nc(C(C)C)n(-c3cccc(F)c3)n2)CCN1.Cl. The highest BCUT2D eigenvalue weighted by Crippen LogP contribution is 2.19. The topological polar surface area (TPSA) is 63.1 Å². The van der Waals surface area contributed by atoms with E-state index in [0.717, 1.165) is 6.54 Å². The van der Waals surface area contributed by atoms with E-state index in [2.05, 4.69) is 15.4 Å². The van der Waals surface area contributed by atoms with Crippen LogP contribution in [0, 0.1) is 5.82 Å². The minimum Gasteiger partial charge on any atom is -0.333 e. The van der Waals surface area contributed by atoms with Gasteiger partial charge in [-0.3, -0.25) is 4.79 Å². The van der Waals surface area contributed by atoms with Gasteiger partial charge in [-0.1, -0.05) is 19.9 Å². The van der Waals surface area contributed by atoms with E-state index >= 15 is 0 Å². The van der Waals surface area contributed by atoms with Crippen LogP contribution >= 0.6 is 12.4 Å². The molecule has 1 amide bonds. The maximum atomic E-state index is 13.5. The number of benzene rings is 1. The van der Waals surface area contributed by atoms with Gasteiger partial charge < -0.3 is 10.2 Å². The summed E-state index contributed by atoms with van der Waals surface area (Å²) in [6, 6.07) is 6.39. The number of carbonyl (C=O) groups excluding carboxylic acids is 1. The van der Waals surface area contributed by atoms with Gasteiger partial charge in [0.25, 0.3) is 5.91 Å². The van der Waals surface area contributed by atoms with E-state index in [0.29, 0.717) is 24.6 Å². The molecule has 6 nitrogen and oxygen atoms in total. The Morgan fingerprint density at radius 1 is 1.40 bits per heavy atom. The molecular formula is C17H23ClFN5O. The number of halogens is 2. The minimum atomic E-state index is -0.346. The number of nitrogens with one attached hydrogen (secondary N) is 1. The van der Waals surface area contributed by atoms with E-state index in [1.165, 1.54) is 12.1 Å². The van der Waals surface area contributed by atoms with Crippen LogP contribution in [0.5, 0.6) is 0 Å². The van der Waals surface area contributed by atoms with Crippen LogP contribution in [0.3, 0.4) is 0 Å². The molecule has 0 spiro atoms.